The van der Waals surface area contributed by atoms with E-state index in [2.05, 4.69) is 11.2 Å². The fourth-order valence-electron chi connectivity index (χ4n) is 1.36. The molecule has 0 aliphatic carbocycles. The third-order valence-corrected chi connectivity index (χ3v) is 2.18. The molecule has 0 aromatic heterocycles. The van der Waals surface area contributed by atoms with E-state index in [1.807, 2.05) is 18.2 Å². The van der Waals surface area contributed by atoms with Gasteiger partial charge in [-0.1, -0.05) is 12.1 Å². The van der Waals surface area contributed by atoms with Gasteiger partial charge in [0.15, 0.2) is 0 Å². The second-order valence-corrected chi connectivity index (χ2v) is 3.64. The van der Waals surface area contributed by atoms with Crippen LogP contribution in [0.25, 0.3) is 0 Å². The third-order valence-electron chi connectivity index (χ3n) is 2.18. The zero-order valence-electron chi connectivity index (χ0n) is 9.77. The Morgan fingerprint density at radius 3 is 3.06 bits per heavy atom. The highest BCUT2D eigenvalue weighted by Crippen LogP contribution is 2.11. The molecule has 1 aromatic carbocycles. The van der Waals surface area contributed by atoms with E-state index in [1.165, 1.54) is 0 Å². The highest BCUT2D eigenvalue weighted by molar-refractivity contribution is 5.94. The lowest BCUT2D eigenvalue weighted by Gasteiger charge is -2.10. The lowest BCUT2D eigenvalue weighted by Crippen LogP contribution is -2.35. The molecule has 1 aromatic rings. The predicted molar refractivity (Wildman–Crippen MR) is 67.2 cm³/mol. The van der Waals surface area contributed by atoms with Crippen LogP contribution in [0, 0.1) is 12.3 Å². The zero-order chi connectivity index (χ0) is 12.7. The molecular weight excluding hydrogens is 216 g/mol. The van der Waals surface area contributed by atoms with Crippen LogP contribution in [0.15, 0.2) is 24.3 Å². The van der Waals surface area contributed by atoms with Gasteiger partial charge in [0.1, 0.15) is 0 Å². The van der Waals surface area contributed by atoms with Crippen molar-refractivity contribution in [3.8, 4) is 12.3 Å². The number of anilines is 1. The van der Waals surface area contributed by atoms with Gasteiger partial charge in [0, 0.05) is 19.2 Å². The number of hydrogen-bond acceptors (Lipinski definition) is 3. The second-order valence-electron chi connectivity index (χ2n) is 3.64. The normalized spacial score (nSPS) is 11.6. The highest BCUT2D eigenvalue weighted by atomic mass is 16.5. The molecule has 1 rings (SSSR count). The minimum Gasteiger partial charge on any atom is -0.380 e. The molecule has 4 heteroatoms. The maximum atomic E-state index is 11.6. The Morgan fingerprint density at radius 1 is 1.65 bits per heavy atom. The molecule has 4 nitrogen and oxygen atoms in total. The van der Waals surface area contributed by atoms with E-state index in [-0.39, 0.29) is 12.3 Å². The van der Waals surface area contributed by atoms with Gasteiger partial charge in [-0.15, -0.1) is 12.3 Å². The average Bonchev–Trinajstić information content (AvgIpc) is 2.30. The van der Waals surface area contributed by atoms with Gasteiger partial charge in [-0.2, -0.15) is 0 Å². The number of methoxy groups -OCH3 is 1. The van der Waals surface area contributed by atoms with Gasteiger partial charge in [-0.25, -0.2) is 0 Å². The summed E-state index contributed by atoms with van der Waals surface area (Å²) < 4.78 is 5.01. The smallest absolute Gasteiger partial charge is 0.242 e. The summed E-state index contributed by atoms with van der Waals surface area (Å²) >= 11 is 0. The molecule has 1 unspecified atom stereocenters. The van der Waals surface area contributed by atoms with Crippen molar-refractivity contribution in [2.75, 3.05) is 12.4 Å². The van der Waals surface area contributed by atoms with E-state index in [0.29, 0.717) is 12.3 Å². The molecule has 1 amide bonds. The molecule has 0 saturated heterocycles. The first-order valence-corrected chi connectivity index (χ1v) is 5.25. The number of terminal acetylenes is 1. The summed E-state index contributed by atoms with van der Waals surface area (Å²) in [5, 5.41) is 2.71. The predicted octanol–water partition coefficient (Wildman–Crippen LogP) is 1.12. The molecule has 0 radical (unpaired) electrons. The van der Waals surface area contributed by atoms with Crippen molar-refractivity contribution in [2.45, 2.75) is 19.1 Å². The van der Waals surface area contributed by atoms with E-state index < -0.39 is 6.04 Å². The van der Waals surface area contributed by atoms with E-state index in [0.717, 1.165) is 5.56 Å². The number of rotatable bonds is 5. The first-order valence-electron chi connectivity index (χ1n) is 5.25. The number of ether oxygens (including phenoxy) is 1. The maximum Gasteiger partial charge on any atom is 0.242 e. The van der Waals surface area contributed by atoms with Gasteiger partial charge < -0.3 is 15.8 Å². The quantitative estimate of drug-likeness (QED) is 0.748. The number of benzene rings is 1. The van der Waals surface area contributed by atoms with E-state index in [4.69, 9.17) is 16.9 Å². The van der Waals surface area contributed by atoms with Crippen LogP contribution in [-0.2, 0) is 16.1 Å². The lowest BCUT2D eigenvalue weighted by molar-refractivity contribution is -0.117. The molecule has 0 aliphatic rings. The van der Waals surface area contributed by atoms with Crippen LogP contribution in [-0.4, -0.2) is 19.1 Å². The average molecular weight is 232 g/mol. The van der Waals surface area contributed by atoms with Crippen LogP contribution in [0.3, 0.4) is 0 Å². The highest BCUT2D eigenvalue weighted by Gasteiger charge is 2.11. The lowest BCUT2D eigenvalue weighted by atomic mass is 10.2. The summed E-state index contributed by atoms with van der Waals surface area (Å²) in [5.74, 6) is 2.08. The van der Waals surface area contributed by atoms with Gasteiger partial charge in [-0.3, -0.25) is 4.79 Å². The van der Waals surface area contributed by atoms with E-state index in [9.17, 15) is 4.79 Å². The van der Waals surface area contributed by atoms with E-state index >= 15 is 0 Å². The SMILES string of the molecule is C#CCC(N)C(=O)Nc1cccc(COC)c1. The second kappa shape index (κ2) is 6.69. The Hall–Kier alpha value is -1.83. The van der Waals surface area contributed by atoms with Gasteiger partial charge >= 0.3 is 0 Å². The summed E-state index contributed by atoms with van der Waals surface area (Å²) in [4.78, 5) is 11.6. The summed E-state index contributed by atoms with van der Waals surface area (Å²) in [5.41, 5.74) is 7.27. The van der Waals surface area contributed by atoms with Gasteiger partial charge in [0.2, 0.25) is 5.91 Å². The van der Waals surface area contributed by atoms with Crippen LogP contribution < -0.4 is 11.1 Å². The molecule has 90 valence electrons. The molecular formula is C13H16N2O2. The Morgan fingerprint density at radius 2 is 2.41 bits per heavy atom. The van der Waals surface area contributed by atoms with Crippen molar-refractivity contribution in [1.82, 2.24) is 0 Å². The molecule has 0 heterocycles. The molecule has 0 bridgehead atoms. The first-order chi connectivity index (χ1) is 8.17. The van der Waals surface area contributed by atoms with Crippen molar-refractivity contribution in [3.05, 3.63) is 29.8 Å². The molecule has 17 heavy (non-hydrogen) atoms. The fraction of sp³-hybridized carbons (Fsp3) is 0.308. The van der Waals surface area contributed by atoms with Crippen molar-refractivity contribution in [3.63, 3.8) is 0 Å². The topological polar surface area (TPSA) is 64.4 Å². The Kier molecular flexibility index (Phi) is 5.21. The fourth-order valence-corrected chi connectivity index (χ4v) is 1.36. The Balaban J connectivity index is 2.65. The maximum absolute atomic E-state index is 11.6. The largest absolute Gasteiger partial charge is 0.380 e. The Labute approximate surface area is 101 Å². The van der Waals surface area contributed by atoms with Gasteiger partial charge in [0.05, 0.1) is 12.6 Å². The summed E-state index contributed by atoms with van der Waals surface area (Å²) in [6.07, 6.45) is 5.32. The summed E-state index contributed by atoms with van der Waals surface area (Å²) in [6, 6.07) is 6.71. The van der Waals surface area contributed by atoms with Crippen LogP contribution in [0.5, 0.6) is 0 Å². The van der Waals surface area contributed by atoms with Crippen molar-refractivity contribution in [1.29, 1.82) is 0 Å². The van der Waals surface area contributed by atoms with Gasteiger partial charge in [-0.05, 0) is 17.7 Å². The number of carbonyl (C=O) groups excluding carboxylic acids is 1. The van der Waals surface area contributed by atoms with E-state index in [1.54, 1.807) is 13.2 Å². The number of amides is 1. The van der Waals surface area contributed by atoms with Crippen molar-refractivity contribution in [2.24, 2.45) is 5.73 Å². The van der Waals surface area contributed by atoms with Gasteiger partial charge in [0.25, 0.3) is 0 Å². The number of nitrogens with one attached hydrogen (secondary N) is 1. The minimum absolute atomic E-state index is 0.226. The van der Waals surface area contributed by atoms with Crippen molar-refractivity contribution >= 4 is 11.6 Å². The summed E-state index contributed by atoms with van der Waals surface area (Å²) in [6.45, 7) is 0.500. The molecule has 1 atom stereocenters. The summed E-state index contributed by atoms with van der Waals surface area (Å²) in [7, 11) is 1.62. The molecule has 3 N–H and O–H groups in total. The number of nitrogens with two attached hydrogens (primary N) is 1. The monoisotopic (exact) mass is 232 g/mol. The van der Waals surface area contributed by atoms with Crippen LogP contribution in [0.2, 0.25) is 0 Å². The third kappa shape index (κ3) is 4.27. The minimum atomic E-state index is -0.675. The molecule has 0 aliphatic heterocycles. The van der Waals surface area contributed by atoms with Crippen molar-refractivity contribution < 1.29 is 9.53 Å². The van der Waals surface area contributed by atoms with Crippen LogP contribution >= 0.6 is 0 Å². The Bertz CT molecular complexity index is 424. The van der Waals surface area contributed by atoms with Crippen LogP contribution in [0.1, 0.15) is 12.0 Å². The molecule has 0 saturated carbocycles. The standard InChI is InChI=1S/C13H16N2O2/c1-3-5-12(14)13(16)15-11-7-4-6-10(8-11)9-17-2/h1,4,6-8,12H,5,9,14H2,2H3,(H,15,16). The number of carbonyl (C=O) groups is 1. The zero-order valence-corrected chi connectivity index (χ0v) is 9.77. The molecule has 0 fully saturated rings. The van der Waals surface area contributed by atoms with Crippen LogP contribution in [0.4, 0.5) is 5.69 Å². The molecule has 0 spiro atoms. The number of hydrogen-bond donors (Lipinski definition) is 2. The first kappa shape index (κ1) is 13.2.